The number of esters is 1. The minimum atomic E-state index is -0.925. The summed E-state index contributed by atoms with van der Waals surface area (Å²) in [6.45, 7) is 2.98. The first-order valence-corrected chi connectivity index (χ1v) is 6.01. The molecular weight excluding hydrogens is 206 g/mol. The predicted molar refractivity (Wildman–Crippen MR) is 62.0 cm³/mol. The van der Waals surface area contributed by atoms with Crippen LogP contribution in [-0.4, -0.2) is 31.8 Å². The Kier molecular flexibility index (Phi) is 5.22. The molecule has 0 spiro atoms. The Morgan fingerprint density at radius 1 is 1.44 bits per heavy atom. The second-order valence-electron chi connectivity index (χ2n) is 4.86. The molecule has 0 bridgehead atoms. The van der Waals surface area contributed by atoms with Crippen LogP contribution in [0.5, 0.6) is 0 Å². The summed E-state index contributed by atoms with van der Waals surface area (Å²) in [5.74, 6) is 0.486. The summed E-state index contributed by atoms with van der Waals surface area (Å²) < 4.78 is 10.1. The molecule has 0 saturated heterocycles. The van der Waals surface area contributed by atoms with Crippen LogP contribution in [0.4, 0.5) is 0 Å². The van der Waals surface area contributed by atoms with E-state index in [2.05, 4.69) is 4.74 Å². The van der Waals surface area contributed by atoms with Crippen molar-refractivity contribution in [3.8, 4) is 0 Å². The maximum Gasteiger partial charge on any atom is 0.325 e. The summed E-state index contributed by atoms with van der Waals surface area (Å²) in [5, 5.41) is 0. The van der Waals surface area contributed by atoms with E-state index in [0.29, 0.717) is 13.0 Å². The third-order valence-electron chi connectivity index (χ3n) is 3.31. The summed E-state index contributed by atoms with van der Waals surface area (Å²) >= 11 is 0. The van der Waals surface area contributed by atoms with Gasteiger partial charge in [-0.3, -0.25) is 4.79 Å². The smallest absolute Gasteiger partial charge is 0.325 e. The van der Waals surface area contributed by atoms with Crippen LogP contribution >= 0.6 is 0 Å². The van der Waals surface area contributed by atoms with Gasteiger partial charge in [0.2, 0.25) is 0 Å². The van der Waals surface area contributed by atoms with Gasteiger partial charge in [-0.25, -0.2) is 0 Å². The molecule has 1 saturated carbocycles. The Labute approximate surface area is 97.5 Å². The normalized spacial score (nSPS) is 19.9. The number of methoxy groups -OCH3 is 1. The Morgan fingerprint density at radius 2 is 2.12 bits per heavy atom. The summed E-state index contributed by atoms with van der Waals surface area (Å²) in [7, 11) is 1.35. The Bertz CT molecular complexity index is 224. The molecule has 16 heavy (non-hydrogen) atoms. The van der Waals surface area contributed by atoms with Crippen LogP contribution in [0.15, 0.2) is 0 Å². The van der Waals surface area contributed by atoms with E-state index in [0.717, 1.165) is 18.9 Å². The summed E-state index contributed by atoms with van der Waals surface area (Å²) in [6, 6.07) is 0. The molecule has 0 aromatic carbocycles. The van der Waals surface area contributed by atoms with Crippen LogP contribution < -0.4 is 5.73 Å². The molecule has 0 aliphatic heterocycles. The van der Waals surface area contributed by atoms with Crippen molar-refractivity contribution < 1.29 is 14.3 Å². The third kappa shape index (κ3) is 4.10. The van der Waals surface area contributed by atoms with Gasteiger partial charge < -0.3 is 15.2 Å². The first kappa shape index (κ1) is 13.5. The van der Waals surface area contributed by atoms with Gasteiger partial charge in [0.25, 0.3) is 0 Å². The topological polar surface area (TPSA) is 61.5 Å². The fraction of sp³-hybridized carbons (Fsp3) is 0.917. The lowest BCUT2D eigenvalue weighted by atomic mass is 9.83. The van der Waals surface area contributed by atoms with Gasteiger partial charge in [-0.05, 0) is 25.7 Å². The first-order chi connectivity index (χ1) is 7.56. The average molecular weight is 229 g/mol. The van der Waals surface area contributed by atoms with E-state index >= 15 is 0 Å². The number of hydrogen-bond donors (Lipinski definition) is 1. The van der Waals surface area contributed by atoms with Gasteiger partial charge in [0.05, 0.1) is 7.11 Å². The Morgan fingerprint density at radius 3 is 2.62 bits per heavy atom. The van der Waals surface area contributed by atoms with Crippen molar-refractivity contribution in [2.45, 2.75) is 44.6 Å². The number of carbonyl (C=O) groups is 1. The summed E-state index contributed by atoms with van der Waals surface area (Å²) in [4.78, 5) is 11.3. The van der Waals surface area contributed by atoms with Gasteiger partial charge in [-0.1, -0.05) is 19.3 Å². The van der Waals surface area contributed by atoms with E-state index in [4.69, 9.17) is 10.5 Å². The minimum absolute atomic E-state index is 0.380. The van der Waals surface area contributed by atoms with Crippen molar-refractivity contribution in [1.29, 1.82) is 0 Å². The average Bonchev–Trinajstić information content (AvgIpc) is 2.19. The lowest BCUT2D eigenvalue weighted by Crippen LogP contribution is -2.46. The molecule has 1 atom stereocenters. The van der Waals surface area contributed by atoms with Gasteiger partial charge >= 0.3 is 5.97 Å². The quantitative estimate of drug-likeness (QED) is 0.530. The van der Waals surface area contributed by atoms with E-state index in [1.165, 1.54) is 26.4 Å². The zero-order valence-corrected chi connectivity index (χ0v) is 10.3. The highest BCUT2D eigenvalue weighted by Crippen LogP contribution is 2.29. The fourth-order valence-corrected chi connectivity index (χ4v) is 1.75. The highest BCUT2D eigenvalue weighted by Gasteiger charge is 2.28. The zero-order chi connectivity index (χ0) is 12.0. The third-order valence-corrected chi connectivity index (χ3v) is 3.31. The molecule has 1 unspecified atom stereocenters. The van der Waals surface area contributed by atoms with E-state index in [1.54, 1.807) is 6.92 Å². The van der Waals surface area contributed by atoms with Crippen molar-refractivity contribution in [2.24, 2.45) is 11.7 Å². The van der Waals surface area contributed by atoms with Crippen LogP contribution in [0, 0.1) is 5.92 Å². The van der Waals surface area contributed by atoms with E-state index in [1.807, 2.05) is 0 Å². The predicted octanol–water partition coefficient (Wildman–Crippen LogP) is 1.47. The zero-order valence-electron chi connectivity index (χ0n) is 10.3. The van der Waals surface area contributed by atoms with Crippen LogP contribution in [0.3, 0.4) is 0 Å². The molecule has 0 radical (unpaired) electrons. The van der Waals surface area contributed by atoms with Crippen molar-refractivity contribution in [2.75, 3.05) is 20.3 Å². The van der Waals surface area contributed by atoms with Gasteiger partial charge in [0.15, 0.2) is 0 Å². The van der Waals surface area contributed by atoms with Crippen LogP contribution in [0.25, 0.3) is 0 Å². The van der Waals surface area contributed by atoms with Crippen molar-refractivity contribution in [3.05, 3.63) is 0 Å². The standard InChI is InChI=1S/C12H23NO3/c1-12(13,11(14)15-2)7-9-16-8-6-10-4-3-5-10/h10H,3-9,13H2,1-2H3. The lowest BCUT2D eigenvalue weighted by Gasteiger charge is -2.25. The minimum Gasteiger partial charge on any atom is -0.468 e. The Balaban J connectivity index is 2.02. The van der Waals surface area contributed by atoms with Gasteiger partial charge in [-0.2, -0.15) is 0 Å². The molecule has 1 fully saturated rings. The van der Waals surface area contributed by atoms with Gasteiger partial charge in [0, 0.05) is 13.2 Å². The molecular formula is C12H23NO3. The molecule has 0 aromatic rings. The molecule has 1 aliphatic carbocycles. The maximum absolute atomic E-state index is 11.3. The molecule has 4 nitrogen and oxygen atoms in total. The second kappa shape index (κ2) is 6.21. The number of hydrogen-bond acceptors (Lipinski definition) is 4. The molecule has 2 N–H and O–H groups in total. The molecule has 1 aliphatic rings. The van der Waals surface area contributed by atoms with Crippen LogP contribution in [0.1, 0.15) is 39.0 Å². The van der Waals surface area contributed by atoms with E-state index in [-0.39, 0.29) is 5.97 Å². The van der Waals surface area contributed by atoms with Crippen molar-refractivity contribution in [1.82, 2.24) is 0 Å². The number of ether oxygens (including phenoxy) is 2. The highest BCUT2D eigenvalue weighted by atomic mass is 16.5. The van der Waals surface area contributed by atoms with Gasteiger partial charge in [-0.15, -0.1) is 0 Å². The maximum atomic E-state index is 11.3. The first-order valence-electron chi connectivity index (χ1n) is 6.01. The molecule has 0 amide bonds. The summed E-state index contributed by atoms with van der Waals surface area (Å²) in [6.07, 6.45) is 5.71. The number of nitrogens with two attached hydrogens (primary N) is 1. The van der Waals surface area contributed by atoms with Gasteiger partial charge in [0.1, 0.15) is 5.54 Å². The van der Waals surface area contributed by atoms with Crippen molar-refractivity contribution in [3.63, 3.8) is 0 Å². The van der Waals surface area contributed by atoms with Crippen LogP contribution in [-0.2, 0) is 14.3 Å². The Hall–Kier alpha value is -0.610. The highest BCUT2D eigenvalue weighted by molar-refractivity contribution is 5.79. The molecule has 0 heterocycles. The molecule has 94 valence electrons. The number of rotatable bonds is 7. The lowest BCUT2D eigenvalue weighted by molar-refractivity contribution is -0.147. The molecule has 0 aromatic heterocycles. The van der Waals surface area contributed by atoms with E-state index < -0.39 is 5.54 Å². The fourth-order valence-electron chi connectivity index (χ4n) is 1.75. The van der Waals surface area contributed by atoms with Crippen molar-refractivity contribution >= 4 is 5.97 Å². The SMILES string of the molecule is COC(=O)C(C)(N)CCOCCC1CCC1. The summed E-state index contributed by atoms with van der Waals surface area (Å²) in [5.41, 5.74) is 4.87. The largest absolute Gasteiger partial charge is 0.468 e. The number of carbonyl (C=O) groups excluding carboxylic acids is 1. The molecule has 1 rings (SSSR count). The van der Waals surface area contributed by atoms with Crippen LogP contribution in [0.2, 0.25) is 0 Å². The second-order valence-corrected chi connectivity index (χ2v) is 4.86. The monoisotopic (exact) mass is 229 g/mol. The van der Waals surface area contributed by atoms with E-state index in [9.17, 15) is 4.79 Å². The molecule has 4 heteroatoms.